The van der Waals surface area contributed by atoms with E-state index < -0.39 is 0 Å². The Bertz CT molecular complexity index is 809. The zero-order valence-electron chi connectivity index (χ0n) is 16.0. The minimum atomic E-state index is 0.289. The van der Waals surface area contributed by atoms with Gasteiger partial charge in [0.2, 0.25) is 0 Å². The monoisotopic (exact) mass is 380 g/mol. The lowest BCUT2D eigenvalue weighted by Gasteiger charge is -2.46. The van der Waals surface area contributed by atoms with Crippen molar-refractivity contribution in [2.75, 3.05) is 11.5 Å². The number of hydrogen-bond acceptors (Lipinski definition) is 2. The van der Waals surface area contributed by atoms with Crippen molar-refractivity contribution in [3.8, 4) is 0 Å². The highest BCUT2D eigenvalue weighted by Crippen LogP contribution is 2.59. The van der Waals surface area contributed by atoms with Crippen LogP contribution in [0.2, 0.25) is 0 Å². The van der Waals surface area contributed by atoms with E-state index in [1.165, 1.54) is 47.5 Å². The largest absolute Gasteiger partial charge is 0.139 e. The van der Waals surface area contributed by atoms with Gasteiger partial charge >= 0.3 is 0 Å². The zero-order chi connectivity index (χ0) is 18.2. The first-order valence-electron chi connectivity index (χ1n) is 9.66. The molecule has 2 heteroatoms. The van der Waals surface area contributed by atoms with Crippen LogP contribution in [-0.4, -0.2) is 11.5 Å². The van der Waals surface area contributed by atoms with Crippen molar-refractivity contribution >= 4 is 35.7 Å². The standard InChI is InChI=1S/C24H28S2/c1-18-5-7-19(8-6-18)9-10-20-11-12-21-22(17-20)24(14-13-23(21,2)3)25-15-4-16-26-24/h5-12,17H,4,13-16H2,1-3H3/b10-9+. The van der Waals surface area contributed by atoms with Crippen LogP contribution in [0.1, 0.15) is 60.9 Å². The number of thioether (sulfide) groups is 2. The smallest absolute Gasteiger partial charge is 0.0863 e. The number of benzene rings is 2. The highest BCUT2D eigenvalue weighted by Gasteiger charge is 2.44. The lowest BCUT2D eigenvalue weighted by atomic mass is 9.72. The Hall–Kier alpha value is -1.12. The third-order valence-electron chi connectivity index (χ3n) is 5.77. The molecule has 0 aromatic heterocycles. The van der Waals surface area contributed by atoms with Crippen molar-refractivity contribution in [2.45, 2.75) is 49.5 Å². The quantitative estimate of drug-likeness (QED) is 0.503. The highest BCUT2D eigenvalue weighted by atomic mass is 32.2. The van der Waals surface area contributed by atoms with Crippen molar-refractivity contribution in [2.24, 2.45) is 0 Å². The van der Waals surface area contributed by atoms with E-state index >= 15 is 0 Å². The number of aryl methyl sites for hydroxylation is 1. The van der Waals surface area contributed by atoms with Gasteiger partial charge in [-0.15, -0.1) is 23.5 Å². The van der Waals surface area contributed by atoms with Crippen LogP contribution in [0.25, 0.3) is 12.2 Å². The average molecular weight is 381 g/mol. The van der Waals surface area contributed by atoms with Crippen LogP contribution in [0.3, 0.4) is 0 Å². The van der Waals surface area contributed by atoms with Crippen molar-refractivity contribution in [3.63, 3.8) is 0 Å². The molecule has 0 nitrogen and oxygen atoms in total. The fraction of sp³-hybridized carbons (Fsp3) is 0.417. The van der Waals surface area contributed by atoms with Crippen LogP contribution in [0.4, 0.5) is 0 Å². The first kappa shape index (κ1) is 18.3. The van der Waals surface area contributed by atoms with E-state index in [1.807, 2.05) is 0 Å². The first-order chi connectivity index (χ1) is 12.5. The van der Waals surface area contributed by atoms with Crippen molar-refractivity contribution in [1.82, 2.24) is 0 Å². The van der Waals surface area contributed by atoms with Gasteiger partial charge in [0, 0.05) is 0 Å². The van der Waals surface area contributed by atoms with E-state index in [0.29, 0.717) is 5.41 Å². The van der Waals surface area contributed by atoms with Crippen LogP contribution in [-0.2, 0) is 9.49 Å². The van der Waals surface area contributed by atoms with E-state index in [-0.39, 0.29) is 4.08 Å². The summed E-state index contributed by atoms with van der Waals surface area (Å²) in [7, 11) is 0. The molecule has 1 saturated heterocycles. The summed E-state index contributed by atoms with van der Waals surface area (Å²) in [4.78, 5) is 0. The zero-order valence-corrected chi connectivity index (χ0v) is 17.7. The molecular formula is C24H28S2. The number of hydrogen-bond donors (Lipinski definition) is 0. The van der Waals surface area contributed by atoms with Gasteiger partial charge in [0.15, 0.2) is 0 Å². The van der Waals surface area contributed by atoms with E-state index in [1.54, 1.807) is 11.1 Å². The molecule has 1 aliphatic carbocycles. The summed E-state index contributed by atoms with van der Waals surface area (Å²) >= 11 is 4.39. The Balaban J connectivity index is 1.71. The van der Waals surface area contributed by atoms with Gasteiger partial charge in [-0.05, 0) is 71.4 Å². The molecule has 1 heterocycles. The van der Waals surface area contributed by atoms with Crippen LogP contribution in [0.15, 0.2) is 42.5 Å². The van der Waals surface area contributed by atoms with E-state index in [9.17, 15) is 0 Å². The second-order valence-corrected chi connectivity index (χ2v) is 11.3. The van der Waals surface area contributed by atoms with Gasteiger partial charge in [-0.1, -0.05) is 68.0 Å². The van der Waals surface area contributed by atoms with Gasteiger partial charge in [-0.25, -0.2) is 0 Å². The molecule has 2 aliphatic rings. The Morgan fingerprint density at radius 3 is 2.19 bits per heavy atom. The summed E-state index contributed by atoms with van der Waals surface area (Å²) in [6, 6.07) is 15.9. The first-order valence-corrected chi connectivity index (χ1v) is 11.6. The molecule has 0 bridgehead atoms. The van der Waals surface area contributed by atoms with Gasteiger partial charge < -0.3 is 0 Å². The average Bonchev–Trinajstić information content (AvgIpc) is 2.66. The highest BCUT2D eigenvalue weighted by molar-refractivity contribution is 8.18. The Kier molecular flexibility index (Phi) is 5.00. The third-order valence-corrected chi connectivity index (χ3v) is 9.24. The predicted molar refractivity (Wildman–Crippen MR) is 120 cm³/mol. The molecule has 4 rings (SSSR count). The van der Waals surface area contributed by atoms with Crippen LogP contribution >= 0.6 is 23.5 Å². The molecule has 0 atom stereocenters. The van der Waals surface area contributed by atoms with Gasteiger partial charge in [0.05, 0.1) is 4.08 Å². The Labute approximate surface area is 166 Å². The van der Waals surface area contributed by atoms with Crippen LogP contribution in [0, 0.1) is 6.92 Å². The number of fused-ring (bicyclic) bond motifs is 2. The molecule has 1 fully saturated rings. The molecule has 0 amide bonds. The van der Waals surface area contributed by atoms with Gasteiger partial charge in [0.25, 0.3) is 0 Å². The molecule has 0 saturated carbocycles. The number of rotatable bonds is 2. The minimum Gasteiger partial charge on any atom is -0.139 e. The molecule has 136 valence electrons. The molecule has 1 aliphatic heterocycles. The topological polar surface area (TPSA) is 0 Å². The third kappa shape index (κ3) is 3.51. The molecule has 0 N–H and O–H groups in total. The fourth-order valence-electron chi connectivity index (χ4n) is 4.06. The van der Waals surface area contributed by atoms with Crippen molar-refractivity contribution < 1.29 is 0 Å². The molecule has 26 heavy (non-hydrogen) atoms. The summed E-state index contributed by atoms with van der Waals surface area (Å²) in [5, 5.41) is 0. The second-order valence-electron chi connectivity index (χ2n) is 8.24. The van der Waals surface area contributed by atoms with Gasteiger partial charge in [-0.3, -0.25) is 0 Å². The summed E-state index contributed by atoms with van der Waals surface area (Å²) < 4.78 is 0.289. The van der Waals surface area contributed by atoms with Crippen molar-refractivity contribution in [1.29, 1.82) is 0 Å². The SMILES string of the molecule is Cc1ccc(/C=C/c2ccc3c(c2)C2(CCC3(C)C)SCCCS2)cc1. The Morgan fingerprint density at radius 1 is 0.808 bits per heavy atom. The van der Waals surface area contributed by atoms with Gasteiger partial charge in [-0.2, -0.15) is 0 Å². The summed E-state index contributed by atoms with van der Waals surface area (Å²) in [5.74, 6) is 2.60. The maximum absolute atomic E-state index is 2.48. The van der Waals surface area contributed by atoms with E-state index in [2.05, 4.69) is 98.9 Å². The maximum atomic E-state index is 2.48. The maximum Gasteiger partial charge on any atom is 0.0863 e. The molecular weight excluding hydrogens is 352 g/mol. The second kappa shape index (κ2) is 7.13. The summed E-state index contributed by atoms with van der Waals surface area (Å²) in [6.45, 7) is 6.97. The van der Waals surface area contributed by atoms with E-state index in [4.69, 9.17) is 0 Å². The van der Waals surface area contributed by atoms with Crippen LogP contribution < -0.4 is 0 Å². The molecule has 2 aromatic carbocycles. The van der Waals surface area contributed by atoms with Crippen molar-refractivity contribution in [3.05, 3.63) is 70.3 Å². The molecule has 2 aromatic rings. The van der Waals surface area contributed by atoms with Crippen LogP contribution in [0.5, 0.6) is 0 Å². The molecule has 0 radical (unpaired) electrons. The predicted octanol–water partition coefficient (Wildman–Crippen LogP) is 7.26. The Morgan fingerprint density at radius 2 is 1.46 bits per heavy atom. The summed E-state index contributed by atoms with van der Waals surface area (Å²) in [6.07, 6.45) is 8.45. The normalized spacial score (nSPS) is 21.0. The summed E-state index contributed by atoms with van der Waals surface area (Å²) in [5.41, 5.74) is 7.36. The van der Waals surface area contributed by atoms with Gasteiger partial charge in [0.1, 0.15) is 0 Å². The molecule has 1 spiro atoms. The lowest BCUT2D eigenvalue weighted by Crippen LogP contribution is -2.35. The fourth-order valence-corrected chi connectivity index (χ4v) is 7.46. The van der Waals surface area contributed by atoms with E-state index in [0.717, 1.165) is 0 Å². The minimum absolute atomic E-state index is 0.289. The lowest BCUT2D eigenvalue weighted by molar-refractivity contribution is 0.417. The molecule has 0 unspecified atom stereocenters.